The lowest BCUT2D eigenvalue weighted by atomic mass is 10.1. The molecule has 66 valence electrons. The molecule has 1 fully saturated rings. The van der Waals surface area contributed by atoms with Crippen molar-refractivity contribution in [2.75, 3.05) is 13.2 Å². The summed E-state index contributed by atoms with van der Waals surface area (Å²) in [5.74, 6) is 0.830. The van der Waals surface area contributed by atoms with Crippen LogP contribution in [0.15, 0.2) is 0 Å². The van der Waals surface area contributed by atoms with E-state index in [-0.39, 0.29) is 0 Å². The molecular weight excluding hydrogens is 140 g/mol. The molecule has 1 aliphatic carbocycles. The Bertz CT molecular complexity index is 111. The molecule has 0 aliphatic heterocycles. The average molecular weight is 158 g/mol. The Hall–Kier alpha value is -0.0800. The first-order valence-electron chi connectivity index (χ1n) is 4.38. The van der Waals surface area contributed by atoms with Gasteiger partial charge < -0.3 is 9.84 Å². The van der Waals surface area contributed by atoms with E-state index in [1.807, 2.05) is 13.8 Å². The zero-order chi connectivity index (χ0) is 8.32. The highest BCUT2D eigenvalue weighted by molar-refractivity contribution is 4.72. The summed E-state index contributed by atoms with van der Waals surface area (Å²) in [5.41, 5.74) is -0.566. The van der Waals surface area contributed by atoms with E-state index in [0.717, 1.165) is 18.9 Å². The molecule has 11 heavy (non-hydrogen) atoms. The minimum absolute atomic E-state index is 0.566. The van der Waals surface area contributed by atoms with Gasteiger partial charge >= 0.3 is 0 Å². The molecule has 0 unspecified atom stereocenters. The van der Waals surface area contributed by atoms with Gasteiger partial charge in [0.1, 0.15) is 0 Å². The fourth-order valence-corrected chi connectivity index (χ4v) is 0.856. The van der Waals surface area contributed by atoms with E-state index in [1.54, 1.807) is 0 Å². The number of hydrogen-bond acceptors (Lipinski definition) is 2. The van der Waals surface area contributed by atoms with E-state index >= 15 is 0 Å². The van der Waals surface area contributed by atoms with Crippen LogP contribution in [-0.2, 0) is 4.74 Å². The van der Waals surface area contributed by atoms with E-state index in [4.69, 9.17) is 4.74 Å². The normalized spacial score (nSPS) is 18.8. The average Bonchev–Trinajstić information content (AvgIpc) is 2.60. The van der Waals surface area contributed by atoms with Gasteiger partial charge in [-0.05, 0) is 39.0 Å². The highest BCUT2D eigenvalue weighted by Gasteiger charge is 2.21. The van der Waals surface area contributed by atoms with Gasteiger partial charge in [0.15, 0.2) is 0 Å². The largest absolute Gasteiger partial charge is 0.390 e. The Morgan fingerprint density at radius 1 is 1.45 bits per heavy atom. The van der Waals surface area contributed by atoms with Crippen molar-refractivity contribution in [3.05, 3.63) is 0 Å². The van der Waals surface area contributed by atoms with Crippen molar-refractivity contribution in [2.45, 2.75) is 38.7 Å². The van der Waals surface area contributed by atoms with Gasteiger partial charge in [-0.3, -0.25) is 0 Å². The molecule has 0 heterocycles. The van der Waals surface area contributed by atoms with E-state index in [9.17, 15) is 5.11 Å². The summed E-state index contributed by atoms with van der Waals surface area (Å²) in [6.45, 7) is 5.22. The van der Waals surface area contributed by atoms with Crippen molar-refractivity contribution in [3.63, 3.8) is 0 Å². The second-order valence-corrected chi connectivity index (χ2v) is 4.08. The van der Waals surface area contributed by atoms with Crippen LogP contribution in [0.4, 0.5) is 0 Å². The van der Waals surface area contributed by atoms with Crippen LogP contribution in [0.3, 0.4) is 0 Å². The molecule has 0 spiro atoms. The minimum atomic E-state index is -0.566. The van der Waals surface area contributed by atoms with Gasteiger partial charge in [0, 0.05) is 13.2 Å². The lowest BCUT2D eigenvalue weighted by molar-refractivity contribution is 0.0259. The maximum absolute atomic E-state index is 9.32. The maximum Gasteiger partial charge on any atom is 0.0613 e. The molecule has 0 radical (unpaired) electrons. The van der Waals surface area contributed by atoms with Crippen molar-refractivity contribution in [3.8, 4) is 0 Å². The molecule has 0 aromatic carbocycles. The van der Waals surface area contributed by atoms with Crippen LogP contribution in [0, 0.1) is 5.92 Å². The van der Waals surface area contributed by atoms with E-state index in [2.05, 4.69) is 0 Å². The van der Waals surface area contributed by atoms with Gasteiger partial charge in [-0.2, -0.15) is 0 Å². The molecule has 2 nitrogen and oxygen atoms in total. The third kappa shape index (κ3) is 5.22. The topological polar surface area (TPSA) is 29.5 Å². The quantitative estimate of drug-likeness (QED) is 0.615. The molecule has 1 saturated carbocycles. The van der Waals surface area contributed by atoms with Crippen LogP contribution in [0.25, 0.3) is 0 Å². The van der Waals surface area contributed by atoms with Gasteiger partial charge in [0.2, 0.25) is 0 Å². The fraction of sp³-hybridized carbons (Fsp3) is 1.00. The molecule has 0 aromatic rings. The minimum Gasteiger partial charge on any atom is -0.390 e. The van der Waals surface area contributed by atoms with E-state index in [1.165, 1.54) is 12.8 Å². The second-order valence-electron chi connectivity index (χ2n) is 4.08. The van der Waals surface area contributed by atoms with E-state index in [0.29, 0.717) is 6.61 Å². The molecule has 0 bridgehead atoms. The first-order valence-corrected chi connectivity index (χ1v) is 4.38. The molecule has 1 aliphatic rings. The highest BCUT2D eigenvalue weighted by atomic mass is 16.5. The molecule has 0 atom stereocenters. The number of hydrogen-bond donors (Lipinski definition) is 1. The summed E-state index contributed by atoms with van der Waals surface area (Å²) in [6, 6.07) is 0. The Morgan fingerprint density at radius 3 is 2.55 bits per heavy atom. The summed E-state index contributed by atoms with van der Waals surface area (Å²) in [6.07, 6.45) is 3.41. The first kappa shape index (κ1) is 9.01. The van der Waals surface area contributed by atoms with Crippen LogP contribution >= 0.6 is 0 Å². The van der Waals surface area contributed by atoms with Crippen molar-refractivity contribution in [1.29, 1.82) is 0 Å². The Labute approximate surface area is 68.6 Å². The van der Waals surface area contributed by atoms with Crippen molar-refractivity contribution >= 4 is 0 Å². The fourth-order valence-electron chi connectivity index (χ4n) is 0.856. The second kappa shape index (κ2) is 3.55. The zero-order valence-corrected chi connectivity index (χ0v) is 7.47. The Kier molecular flexibility index (Phi) is 2.90. The third-order valence-electron chi connectivity index (χ3n) is 1.91. The monoisotopic (exact) mass is 158 g/mol. The maximum atomic E-state index is 9.32. The summed E-state index contributed by atoms with van der Waals surface area (Å²) in [4.78, 5) is 0. The van der Waals surface area contributed by atoms with Crippen LogP contribution in [0.1, 0.15) is 33.1 Å². The summed E-state index contributed by atoms with van der Waals surface area (Å²) < 4.78 is 5.37. The zero-order valence-electron chi connectivity index (χ0n) is 7.47. The summed E-state index contributed by atoms with van der Waals surface area (Å²) >= 11 is 0. The van der Waals surface area contributed by atoms with Crippen LogP contribution in [0.2, 0.25) is 0 Å². The van der Waals surface area contributed by atoms with Gasteiger partial charge in [-0.25, -0.2) is 0 Å². The predicted octanol–water partition coefficient (Wildman–Crippen LogP) is 1.57. The molecule has 1 N–H and O–H groups in total. The van der Waals surface area contributed by atoms with Gasteiger partial charge in [0.25, 0.3) is 0 Å². The molecule has 2 heteroatoms. The summed E-state index contributed by atoms with van der Waals surface area (Å²) in [7, 11) is 0. The highest BCUT2D eigenvalue weighted by Crippen LogP contribution is 2.28. The van der Waals surface area contributed by atoms with Crippen LogP contribution < -0.4 is 0 Å². The standard InChI is InChI=1S/C9H18O2/c1-9(2,10)5-6-11-7-8-3-4-8/h8,10H,3-7H2,1-2H3. The Balaban J connectivity index is 1.87. The molecule has 0 saturated heterocycles. The van der Waals surface area contributed by atoms with Crippen molar-refractivity contribution in [1.82, 2.24) is 0 Å². The van der Waals surface area contributed by atoms with Crippen molar-refractivity contribution in [2.24, 2.45) is 5.92 Å². The molecular formula is C9H18O2. The number of rotatable bonds is 5. The number of aliphatic hydroxyl groups is 1. The van der Waals surface area contributed by atoms with Crippen LogP contribution in [0.5, 0.6) is 0 Å². The van der Waals surface area contributed by atoms with Crippen LogP contribution in [-0.4, -0.2) is 23.9 Å². The summed E-state index contributed by atoms with van der Waals surface area (Å²) in [5, 5.41) is 9.32. The van der Waals surface area contributed by atoms with Gasteiger partial charge in [-0.15, -0.1) is 0 Å². The molecule has 0 aromatic heterocycles. The molecule has 0 amide bonds. The lowest BCUT2D eigenvalue weighted by Crippen LogP contribution is -2.21. The SMILES string of the molecule is CC(C)(O)CCOCC1CC1. The lowest BCUT2D eigenvalue weighted by Gasteiger charge is -2.16. The first-order chi connectivity index (χ1) is 5.08. The smallest absolute Gasteiger partial charge is 0.0613 e. The van der Waals surface area contributed by atoms with Gasteiger partial charge in [-0.1, -0.05) is 0 Å². The van der Waals surface area contributed by atoms with Gasteiger partial charge in [0.05, 0.1) is 5.60 Å². The number of ether oxygens (including phenoxy) is 1. The third-order valence-corrected chi connectivity index (χ3v) is 1.91. The van der Waals surface area contributed by atoms with Crippen molar-refractivity contribution < 1.29 is 9.84 Å². The molecule has 1 rings (SSSR count). The van der Waals surface area contributed by atoms with E-state index < -0.39 is 5.60 Å². The Morgan fingerprint density at radius 2 is 2.09 bits per heavy atom. The predicted molar refractivity (Wildman–Crippen MR) is 44.5 cm³/mol.